The minimum Gasteiger partial charge on any atom is -0.491 e. The van der Waals surface area contributed by atoms with Gasteiger partial charge in [-0.2, -0.15) is 0 Å². The Morgan fingerprint density at radius 3 is 2.95 bits per heavy atom. The first kappa shape index (κ1) is 15.8. The van der Waals surface area contributed by atoms with Crippen LogP contribution < -0.4 is 15.8 Å². The van der Waals surface area contributed by atoms with Gasteiger partial charge in [-0.15, -0.1) is 0 Å². The lowest BCUT2D eigenvalue weighted by atomic mass is 9.76. The van der Waals surface area contributed by atoms with Crippen molar-refractivity contribution in [1.82, 2.24) is 0 Å². The van der Waals surface area contributed by atoms with Crippen LogP contribution in [0, 0.1) is 11.7 Å². The van der Waals surface area contributed by atoms with E-state index in [9.17, 15) is 9.18 Å². The summed E-state index contributed by atoms with van der Waals surface area (Å²) in [6.45, 7) is 4.29. The summed E-state index contributed by atoms with van der Waals surface area (Å²) in [5.41, 5.74) is 5.78. The van der Waals surface area contributed by atoms with Crippen LogP contribution in [-0.2, 0) is 4.79 Å². The predicted molar refractivity (Wildman–Crippen MR) is 80.7 cm³/mol. The number of benzene rings is 1. The molecule has 0 spiro atoms. The van der Waals surface area contributed by atoms with E-state index in [1.54, 1.807) is 13.0 Å². The fourth-order valence-electron chi connectivity index (χ4n) is 2.90. The van der Waals surface area contributed by atoms with Gasteiger partial charge in [0.1, 0.15) is 0 Å². The average molecular weight is 294 g/mol. The highest BCUT2D eigenvalue weighted by atomic mass is 19.1. The molecule has 2 atom stereocenters. The third kappa shape index (κ3) is 3.73. The van der Waals surface area contributed by atoms with Gasteiger partial charge in [0.05, 0.1) is 12.1 Å². The number of nitrogens with two attached hydrogens (primary N) is 1. The molecule has 2 unspecified atom stereocenters. The maximum atomic E-state index is 13.8. The van der Waals surface area contributed by atoms with Crippen LogP contribution in [-0.4, -0.2) is 18.1 Å². The first-order valence-electron chi connectivity index (χ1n) is 7.47. The average Bonchev–Trinajstić information content (AvgIpc) is 2.41. The summed E-state index contributed by atoms with van der Waals surface area (Å²) in [7, 11) is 0. The van der Waals surface area contributed by atoms with Crippen LogP contribution in [0.3, 0.4) is 0 Å². The molecule has 0 heterocycles. The third-order valence-corrected chi connectivity index (χ3v) is 3.97. The molecule has 2 rings (SSSR count). The summed E-state index contributed by atoms with van der Waals surface area (Å²) in [5.74, 6) is -0.105. The zero-order valence-electron chi connectivity index (χ0n) is 12.6. The van der Waals surface area contributed by atoms with Gasteiger partial charge in [-0.25, -0.2) is 4.39 Å². The normalized spacial score (nSPS) is 25.4. The van der Waals surface area contributed by atoms with Gasteiger partial charge in [0.25, 0.3) is 0 Å². The van der Waals surface area contributed by atoms with E-state index in [0.717, 1.165) is 12.8 Å². The second-order valence-corrected chi connectivity index (χ2v) is 5.89. The fourth-order valence-corrected chi connectivity index (χ4v) is 2.90. The molecule has 0 radical (unpaired) electrons. The molecule has 21 heavy (non-hydrogen) atoms. The number of rotatable bonds is 4. The number of carbonyl (C=O) groups excluding carboxylic acids is 1. The zero-order valence-corrected chi connectivity index (χ0v) is 12.6. The van der Waals surface area contributed by atoms with Crippen LogP contribution in [0.5, 0.6) is 5.75 Å². The Bertz CT molecular complexity index is 521. The Balaban J connectivity index is 2.07. The highest BCUT2D eigenvalue weighted by Crippen LogP contribution is 2.31. The van der Waals surface area contributed by atoms with E-state index in [4.69, 9.17) is 10.5 Å². The number of hydrogen-bond donors (Lipinski definition) is 2. The summed E-state index contributed by atoms with van der Waals surface area (Å²) in [6, 6.07) is 4.40. The van der Waals surface area contributed by atoms with E-state index < -0.39 is 11.4 Å². The predicted octanol–water partition coefficient (Wildman–Crippen LogP) is 3.07. The number of amides is 1. The van der Waals surface area contributed by atoms with Crippen LogP contribution in [0.2, 0.25) is 0 Å². The van der Waals surface area contributed by atoms with Crippen molar-refractivity contribution in [3.63, 3.8) is 0 Å². The molecule has 1 aliphatic rings. The SMILES string of the molecule is CCOc1ccc(NC(=O)C2(N)CCCC(C)C2)cc1F. The molecular formula is C16H23FN2O2. The van der Waals surface area contributed by atoms with Gasteiger partial charge in [-0.05, 0) is 37.8 Å². The first-order chi connectivity index (χ1) is 9.94. The van der Waals surface area contributed by atoms with Crippen molar-refractivity contribution in [2.75, 3.05) is 11.9 Å². The van der Waals surface area contributed by atoms with Crippen molar-refractivity contribution in [2.24, 2.45) is 11.7 Å². The number of hydrogen-bond acceptors (Lipinski definition) is 3. The number of nitrogens with one attached hydrogen (secondary N) is 1. The summed E-state index contributed by atoms with van der Waals surface area (Å²) in [4.78, 5) is 12.4. The maximum absolute atomic E-state index is 13.8. The smallest absolute Gasteiger partial charge is 0.244 e. The van der Waals surface area contributed by atoms with E-state index in [0.29, 0.717) is 31.1 Å². The Morgan fingerprint density at radius 1 is 1.57 bits per heavy atom. The van der Waals surface area contributed by atoms with Crippen molar-refractivity contribution in [3.8, 4) is 5.75 Å². The Morgan fingerprint density at radius 2 is 2.33 bits per heavy atom. The molecule has 3 N–H and O–H groups in total. The Hall–Kier alpha value is -1.62. The second kappa shape index (κ2) is 6.43. The lowest BCUT2D eigenvalue weighted by Gasteiger charge is -2.35. The van der Waals surface area contributed by atoms with Crippen LogP contribution >= 0.6 is 0 Å². The minimum atomic E-state index is -0.854. The van der Waals surface area contributed by atoms with Crippen molar-refractivity contribution >= 4 is 11.6 Å². The summed E-state index contributed by atoms with van der Waals surface area (Å²) in [5, 5.41) is 2.72. The van der Waals surface area contributed by atoms with Gasteiger partial charge in [0.15, 0.2) is 11.6 Å². The van der Waals surface area contributed by atoms with Crippen molar-refractivity contribution in [3.05, 3.63) is 24.0 Å². The van der Waals surface area contributed by atoms with Gasteiger partial charge in [-0.1, -0.05) is 19.8 Å². The highest BCUT2D eigenvalue weighted by Gasteiger charge is 2.37. The maximum Gasteiger partial charge on any atom is 0.244 e. The monoisotopic (exact) mass is 294 g/mol. The molecule has 1 saturated carbocycles. The van der Waals surface area contributed by atoms with Crippen molar-refractivity contribution in [2.45, 2.75) is 45.1 Å². The minimum absolute atomic E-state index is 0.184. The van der Waals surface area contributed by atoms with Crippen molar-refractivity contribution in [1.29, 1.82) is 0 Å². The molecular weight excluding hydrogens is 271 g/mol. The second-order valence-electron chi connectivity index (χ2n) is 5.89. The van der Waals surface area contributed by atoms with Crippen LogP contribution in [0.1, 0.15) is 39.5 Å². The lowest BCUT2D eigenvalue weighted by Crippen LogP contribution is -2.53. The standard InChI is InChI=1S/C16H23FN2O2/c1-3-21-14-7-6-12(9-13(14)17)19-15(20)16(18)8-4-5-11(2)10-16/h6-7,9,11H,3-5,8,10,18H2,1-2H3,(H,19,20). The van der Waals surface area contributed by atoms with Gasteiger partial charge < -0.3 is 15.8 Å². The van der Waals surface area contributed by atoms with Crippen LogP contribution in [0.15, 0.2) is 18.2 Å². The summed E-state index contributed by atoms with van der Waals surface area (Å²) in [6.07, 6.45) is 3.38. The Labute approximate surface area is 124 Å². The molecule has 1 aromatic carbocycles. The molecule has 1 aromatic rings. The largest absolute Gasteiger partial charge is 0.491 e. The van der Waals surface area contributed by atoms with Gasteiger partial charge in [0.2, 0.25) is 5.91 Å². The highest BCUT2D eigenvalue weighted by molar-refractivity contribution is 5.98. The number of anilines is 1. The zero-order chi connectivity index (χ0) is 15.5. The third-order valence-electron chi connectivity index (χ3n) is 3.97. The quantitative estimate of drug-likeness (QED) is 0.897. The number of halogens is 1. The van der Waals surface area contributed by atoms with Gasteiger partial charge >= 0.3 is 0 Å². The van der Waals surface area contributed by atoms with E-state index in [2.05, 4.69) is 12.2 Å². The molecule has 1 amide bonds. The van der Waals surface area contributed by atoms with Crippen molar-refractivity contribution < 1.29 is 13.9 Å². The summed E-state index contributed by atoms with van der Waals surface area (Å²) >= 11 is 0. The molecule has 1 aliphatic carbocycles. The van der Waals surface area contributed by atoms with Gasteiger partial charge in [-0.3, -0.25) is 4.79 Å². The molecule has 1 fully saturated rings. The van der Waals surface area contributed by atoms with E-state index >= 15 is 0 Å². The van der Waals surface area contributed by atoms with Gasteiger partial charge in [0, 0.05) is 11.8 Å². The molecule has 0 aromatic heterocycles. The molecule has 116 valence electrons. The topological polar surface area (TPSA) is 64.3 Å². The molecule has 4 nitrogen and oxygen atoms in total. The molecule has 0 aliphatic heterocycles. The van der Waals surface area contributed by atoms with E-state index in [1.165, 1.54) is 12.1 Å². The summed E-state index contributed by atoms with van der Waals surface area (Å²) < 4.78 is 18.9. The molecule has 5 heteroatoms. The molecule has 0 saturated heterocycles. The number of ether oxygens (including phenoxy) is 1. The van der Waals surface area contributed by atoms with E-state index in [-0.39, 0.29) is 11.7 Å². The lowest BCUT2D eigenvalue weighted by molar-refractivity contribution is -0.122. The van der Waals surface area contributed by atoms with Crippen LogP contribution in [0.25, 0.3) is 0 Å². The fraction of sp³-hybridized carbons (Fsp3) is 0.562. The molecule has 0 bridgehead atoms. The van der Waals surface area contributed by atoms with E-state index in [1.807, 2.05) is 0 Å². The Kier molecular flexibility index (Phi) is 4.83. The first-order valence-corrected chi connectivity index (χ1v) is 7.47. The van der Waals surface area contributed by atoms with Crippen LogP contribution in [0.4, 0.5) is 10.1 Å². The number of carbonyl (C=O) groups is 1.